The van der Waals surface area contributed by atoms with Crippen LogP contribution in [0.25, 0.3) is 0 Å². The minimum absolute atomic E-state index is 0.0200. The van der Waals surface area contributed by atoms with Crippen LogP contribution >= 0.6 is 0 Å². The van der Waals surface area contributed by atoms with Gasteiger partial charge in [0.05, 0.1) is 17.0 Å². The Hall–Kier alpha value is -3.04. The number of alkyl halides is 6. The zero-order valence-electron chi connectivity index (χ0n) is 15.6. The molecule has 1 heterocycles. The Bertz CT molecular complexity index is 934. The van der Waals surface area contributed by atoms with E-state index in [1.165, 1.54) is 4.90 Å². The van der Waals surface area contributed by atoms with Crippen molar-refractivity contribution in [1.82, 2.24) is 0 Å². The normalized spacial score (nSPS) is 17.4. The number of nitrogens with zero attached hydrogens (tertiary/aromatic N) is 1. The van der Waals surface area contributed by atoms with Crippen molar-refractivity contribution >= 4 is 23.2 Å². The lowest BCUT2D eigenvalue weighted by molar-refractivity contribution is -0.143. The van der Waals surface area contributed by atoms with E-state index in [0.29, 0.717) is 17.8 Å². The van der Waals surface area contributed by atoms with Crippen LogP contribution in [-0.2, 0) is 21.9 Å². The van der Waals surface area contributed by atoms with E-state index in [4.69, 9.17) is 0 Å². The van der Waals surface area contributed by atoms with Crippen molar-refractivity contribution in [2.24, 2.45) is 5.92 Å². The minimum atomic E-state index is -5.02. The van der Waals surface area contributed by atoms with E-state index in [1.54, 1.807) is 24.3 Å². The molecule has 1 atom stereocenters. The summed E-state index contributed by atoms with van der Waals surface area (Å²) in [6.45, 7) is 1.83. The van der Waals surface area contributed by atoms with E-state index in [-0.39, 0.29) is 24.9 Å². The first-order valence-electron chi connectivity index (χ1n) is 8.82. The van der Waals surface area contributed by atoms with Gasteiger partial charge in [-0.05, 0) is 37.3 Å². The molecule has 1 aliphatic rings. The molecule has 1 N–H and O–H groups in total. The highest BCUT2D eigenvalue weighted by atomic mass is 19.4. The summed E-state index contributed by atoms with van der Waals surface area (Å²) in [4.78, 5) is 26.1. The van der Waals surface area contributed by atoms with Gasteiger partial charge in [0.2, 0.25) is 11.8 Å². The molecule has 160 valence electrons. The first-order valence-corrected chi connectivity index (χ1v) is 8.82. The van der Waals surface area contributed by atoms with E-state index in [1.807, 2.05) is 6.92 Å². The molecule has 0 aliphatic carbocycles. The van der Waals surface area contributed by atoms with Gasteiger partial charge in [-0.15, -0.1) is 0 Å². The van der Waals surface area contributed by atoms with E-state index >= 15 is 0 Å². The van der Waals surface area contributed by atoms with Crippen molar-refractivity contribution in [2.75, 3.05) is 16.8 Å². The maximum atomic E-state index is 13.0. The van der Waals surface area contributed by atoms with Crippen LogP contribution in [0, 0.1) is 12.8 Å². The van der Waals surface area contributed by atoms with E-state index in [0.717, 1.165) is 5.56 Å². The highest BCUT2D eigenvalue weighted by Crippen LogP contribution is 2.38. The lowest BCUT2D eigenvalue weighted by Crippen LogP contribution is -2.28. The Labute approximate surface area is 167 Å². The quantitative estimate of drug-likeness (QED) is 0.695. The third-order valence-corrected chi connectivity index (χ3v) is 4.70. The van der Waals surface area contributed by atoms with Crippen LogP contribution in [0.1, 0.15) is 23.1 Å². The van der Waals surface area contributed by atoms with Crippen molar-refractivity contribution in [2.45, 2.75) is 25.7 Å². The van der Waals surface area contributed by atoms with Gasteiger partial charge in [-0.25, -0.2) is 0 Å². The molecular weight excluding hydrogens is 414 g/mol. The molecule has 3 rings (SSSR count). The molecule has 10 heteroatoms. The second-order valence-electron chi connectivity index (χ2n) is 7.02. The predicted molar refractivity (Wildman–Crippen MR) is 96.7 cm³/mol. The van der Waals surface area contributed by atoms with Crippen molar-refractivity contribution in [1.29, 1.82) is 0 Å². The van der Waals surface area contributed by atoms with Crippen LogP contribution in [0.15, 0.2) is 42.5 Å². The second-order valence-corrected chi connectivity index (χ2v) is 7.02. The highest BCUT2D eigenvalue weighted by Gasteiger charge is 2.38. The maximum absolute atomic E-state index is 13.0. The predicted octanol–water partition coefficient (Wildman–Crippen LogP) is 5.02. The van der Waals surface area contributed by atoms with Crippen LogP contribution < -0.4 is 10.2 Å². The van der Waals surface area contributed by atoms with Crippen molar-refractivity contribution in [3.8, 4) is 0 Å². The fourth-order valence-corrected chi connectivity index (χ4v) is 3.13. The summed E-state index contributed by atoms with van der Waals surface area (Å²) in [7, 11) is 0. The molecule has 2 amide bonds. The third-order valence-electron chi connectivity index (χ3n) is 4.70. The minimum Gasteiger partial charge on any atom is -0.326 e. The summed E-state index contributed by atoms with van der Waals surface area (Å²) in [5.74, 6) is -2.10. The van der Waals surface area contributed by atoms with Crippen molar-refractivity contribution in [3.63, 3.8) is 0 Å². The first kappa shape index (κ1) is 21.7. The van der Waals surface area contributed by atoms with Crippen LogP contribution in [0.3, 0.4) is 0 Å². The Morgan fingerprint density at radius 1 is 0.967 bits per heavy atom. The number of amides is 2. The smallest absolute Gasteiger partial charge is 0.326 e. The summed E-state index contributed by atoms with van der Waals surface area (Å²) >= 11 is 0. The van der Waals surface area contributed by atoms with Gasteiger partial charge in [-0.2, -0.15) is 26.3 Å². The fraction of sp³-hybridized carbons (Fsp3) is 0.300. The fourth-order valence-electron chi connectivity index (χ4n) is 3.13. The van der Waals surface area contributed by atoms with Gasteiger partial charge in [0.15, 0.2) is 0 Å². The molecule has 2 aromatic rings. The van der Waals surface area contributed by atoms with Gasteiger partial charge in [0.25, 0.3) is 0 Å². The third kappa shape index (κ3) is 4.74. The van der Waals surface area contributed by atoms with E-state index in [2.05, 4.69) is 5.32 Å². The monoisotopic (exact) mass is 430 g/mol. The van der Waals surface area contributed by atoms with E-state index in [9.17, 15) is 35.9 Å². The van der Waals surface area contributed by atoms with Crippen LogP contribution in [0.4, 0.5) is 37.7 Å². The number of carbonyl (C=O) groups is 2. The summed E-state index contributed by atoms with van der Waals surface area (Å²) in [6.07, 6.45) is -10.2. The number of hydrogen-bond acceptors (Lipinski definition) is 2. The SMILES string of the molecule is Cc1ccc(N2CC(C(=O)Nc3cc(C(F)(F)F)cc(C(F)(F)F)c3)CC2=O)cc1. The molecule has 1 fully saturated rings. The highest BCUT2D eigenvalue weighted by molar-refractivity contribution is 6.03. The number of anilines is 2. The van der Waals surface area contributed by atoms with Crippen LogP contribution in [0.2, 0.25) is 0 Å². The van der Waals surface area contributed by atoms with E-state index < -0.39 is 41.0 Å². The standard InChI is InChI=1S/C20H16F6N2O2/c1-11-2-4-16(5-3-11)28-10-12(6-17(28)29)18(30)27-15-8-13(19(21,22)23)7-14(9-15)20(24,25)26/h2-5,7-9,12H,6,10H2,1H3,(H,27,30). The number of aryl methyl sites for hydroxylation is 1. The first-order chi connectivity index (χ1) is 13.8. The molecule has 30 heavy (non-hydrogen) atoms. The topological polar surface area (TPSA) is 49.4 Å². The summed E-state index contributed by atoms with van der Waals surface area (Å²) in [5, 5.41) is 2.09. The Morgan fingerprint density at radius 3 is 2.00 bits per heavy atom. The number of halogens is 6. The van der Waals surface area contributed by atoms with Crippen molar-refractivity contribution < 1.29 is 35.9 Å². The van der Waals surface area contributed by atoms with Gasteiger partial charge in [0, 0.05) is 24.3 Å². The number of nitrogens with one attached hydrogen (secondary N) is 1. The number of rotatable bonds is 3. The van der Waals surface area contributed by atoms with Gasteiger partial charge < -0.3 is 10.2 Å². The molecule has 1 aliphatic heterocycles. The average molecular weight is 430 g/mol. The Kier molecular flexibility index (Phi) is 5.53. The number of hydrogen-bond donors (Lipinski definition) is 1. The zero-order chi connectivity index (χ0) is 22.3. The molecule has 0 aromatic heterocycles. The van der Waals surface area contributed by atoms with Crippen LogP contribution in [-0.4, -0.2) is 18.4 Å². The number of benzene rings is 2. The molecule has 4 nitrogen and oxygen atoms in total. The molecular formula is C20H16F6N2O2. The second kappa shape index (κ2) is 7.66. The van der Waals surface area contributed by atoms with Gasteiger partial charge in [-0.3, -0.25) is 9.59 Å². The Balaban J connectivity index is 1.80. The largest absolute Gasteiger partial charge is 0.416 e. The average Bonchev–Trinajstić information content (AvgIpc) is 3.02. The van der Waals surface area contributed by atoms with Crippen molar-refractivity contribution in [3.05, 3.63) is 59.2 Å². The lowest BCUT2D eigenvalue weighted by Gasteiger charge is -2.18. The maximum Gasteiger partial charge on any atom is 0.416 e. The van der Waals surface area contributed by atoms with Gasteiger partial charge in [0.1, 0.15) is 0 Å². The van der Waals surface area contributed by atoms with Gasteiger partial charge >= 0.3 is 12.4 Å². The zero-order valence-corrected chi connectivity index (χ0v) is 15.6. The van der Waals surface area contributed by atoms with Crippen LogP contribution in [0.5, 0.6) is 0 Å². The molecule has 0 radical (unpaired) electrons. The molecule has 2 aromatic carbocycles. The molecule has 0 saturated carbocycles. The number of carbonyl (C=O) groups excluding carboxylic acids is 2. The summed E-state index contributed by atoms with van der Waals surface area (Å²) < 4.78 is 77.8. The summed E-state index contributed by atoms with van der Waals surface area (Å²) in [6, 6.07) is 7.78. The molecule has 1 saturated heterocycles. The Morgan fingerprint density at radius 2 is 1.50 bits per heavy atom. The molecule has 0 bridgehead atoms. The lowest BCUT2D eigenvalue weighted by atomic mass is 10.1. The van der Waals surface area contributed by atoms with Gasteiger partial charge in [-0.1, -0.05) is 17.7 Å². The molecule has 1 unspecified atom stereocenters. The molecule has 0 spiro atoms. The summed E-state index contributed by atoms with van der Waals surface area (Å²) in [5.41, 5.74) is -2.18.